The fourth-order valence-electron chi connectivity index (χ4n) is 3.37. The number of piperidine rings is 1. The van der Waals surface area contributed by atoms with Crippen LogP contribution in [0, 0.1) is 0 Å². The van der Waals surface area contributed by atoms with Crippen molar-refractivity contribution in [2.75, 3.05) is 26.3 Å². The second-order valence-electron chi connectivity index (χ2n) is 7.00. The molecule has 3 rings (SSSR count). The standard InChI is InChI=1S/C19H27N3O3.ClH/c20-19(8-12-25-13-9-19)18(24)21-14-15-4-6-16(7-5-15)17(23)22-10-2-1-3-11-22;/h4-7H,1-3,8-14,20H2,(H,21,24);1H. The fourth-order valence-corrected chi connectivity index (χ4v) is 3.37. The first-order valence-corrected chi connectivity index (χ1v) is 9.12. The Morgan fingerprint density at radius 3 is 2.31 bits per heavy atom. The normalized spacial score (nSPS) is 19.3. The van der Waals surface area contributed by atoms with Gasteiger partial charge in [0, 0.05) is 38.4 Å². The van der Waals surface area contributed by atoms with Crippen LogP contribution in [0.5, 0.6) is 0 Å². The Morgan fingerprint density at radius 1 is 1.08 bits per heavy atom. The van der Waals surface area contributed by atoms with E-state index in [2.05, 4.69) is 5.32 Å². The quantitative estimate of drug-likeness (QED) is 0.833. The van der Waals surface area contributed by atoms with Crippen molar-refractivity contribution >= 4 is 24.2 Å². The Balaban J connectivity index is 0.00000243. The van der Waals surface area contributed by atoms with Crippen LogP contribution in [-0.2, 0) is 16.1 Å². The zero-order valence-electron chi connectivity index (χ0n) is 15.0. The van der Waals surface area contributed by atoms with Gasteiger partial charge in [0.1, 0.15) is 0 Å². The summed E-state index contributed by atoms with van der Waals surface area (Å²) in [6, 6.07) is 7.46. The van der Waals surface area contributed by atoms with Crippen molar-refractivity contribution in [2.24, 2.45) is 5.73 Å². The molecule has 1 aromatic carbocycles. The number of nitrogens with zero attached hydrogens (tertiary/aromatic N) is 1. The number of amides is 2. The molecule has 2 aliphatic rings. The first kappa shape index (κ1) is 20.7. The van der Waals surface area contributed by atoms with Crippen LogP contribution in [0.3, 0.4) is 0 Å². The molecule has 2 fully saturated rings. The highest BCUT2D eigenvalue weighted by Crippen LogP contribution is 2.18. The van der Waals surface area contributed by atoms with Gasteiger partial charge in [-0.2, -0.15) is 0 Å². The molecule has 7 heteroatoms. The SMILES string of the molecule is Cl.NC1(C(=O)NCc2ccc(C(=O)N3CCCCC3)cc2)CCOCC1. The van der Waals surface area contributed by atoms with Crippen LogP contribution >= 0.6 is 12.4 Å². The van der Waals surface area contributed by atoms with Gasteiger partial charge in [0.25, 0.3) is 5.91 Å². The van der Waals surface area contributed by atoms with E-state index >= 15 is 0 Å². The van der Waals surface area contributed by atoms with Crippen molar-refractivity contribution in [3.8, 4) is 0 Å². The highest BCUT2D eigenvalue weighted by atomic mass is 35.5. The number of carbonyl (C=O) groups excluding carboxylic acids is 2. The maximum Gasteiger partial charge on any atom is 0.253 e. The van der Waals surface area contributed by atoms with E-state index in [0.29, 0.717) is 38.2 Å². The number of rotatable bonds is 4. The lowest BCUT2D eigenvalue weighted by molar-refractivity contribution is -0.129. The summed E-state index contributed by atoms with van der Waals surface area (Å²) in [5.41, 5.74) is 7.00. The van der Waals surface area contributed by atoms with Crippen molar-refractivity contribution in [1.82, 2.24) is 10.2 Å². The van der Waals surface area contributed by atoms with Gasteiger partial charge in [0.05, 0.1) is 5.54 Å². The third-order valence-corrected chi connectivity index (χ3v) is 5.13. The average molecular weight is 382 g/mol. The second-order valence-corrected chi connectivity index (χ2v) is 7.00. The molecule has 0 atom stereocenters. The Hall–Kier alpha value is -1.63. The molecular weight excluding hydrogens is 354 g/mol. The minimum atomic E-state index is -0.831. The summed E-state index contributed by atoms with van der Waals surface area (Å²) in [6.07, 6.45) is 4.46. The van der Waals surface area contributed by atoms with Gasteiger partial charge >= 0.3 is 0 Å². The van der Waals surface area contributed by atoms with Crippen LogP contribution in [0.2, 0.25) is 0 Å². The molecule has 0 unspecified atom stereocenters. The van der Waals surface area contributed by atoms with Crippen LogP contribution in [0.1, 0.15) is 48.0 Å². The summed E-state index contributed by atoms with van der Waals surface area (Å²) in [5.74, 6) is -0.0392. The van der Waals surface area contributed by atoms with Crippen LogP contribution in [0.15, 0.2) is 24.3 Å². The molecule has 0 aliphatic carbocycles. The number of hydrogen-bond acceptors (Lipinski definition) is 4. The highest BCUT2D eigenvalue weighted by Gasteiger charge is 2.35. The van der Waals surface area contributed by atoms with Gasteiger partial charge in [-0.3, -0.25) is 9.59 Å². The maximum atomic E-state index is 12.5. The van der Waals surface area contributed by atoms with E-state index in [0.717, 1.165) is 31.5 Å². The molecule has 2 heterocycles. The third kappa shape index (κ3) is 4.96. The highest BCUT2D eigenvalue weighted by molar-refractivity contribution is 5.94. The zero-order chi connectivity index (χ0) is 17.7. The predicted octanol–water partition coefficient (Wildman–Crippen LogP) is 1.86. The van der Waals surface area contributed by atoms with E-state index in [1.54, 1.807) is 0 Å². The predicted molar refractivity (Wildman–Crippen MR) is 102 cm³/mol. The van der Waals surface area contributed by atoms with Crippen molar-refractivity contribution in [3.63, 3.8) is 0 Å². The summed E-state index contributed by atoms with van der Waals surface area (Å²) in [6.45, 7) is 3.16. The number of likely N-dealkylation sites (tertiary alicyclic amines) is 1. The van der Waals surface area contributed by atoms with Gasteiger partial charge in [-0.1, -0.05) is 12.1 Å². The lowest BCUT2D eigenvalue weighted by Crippen LogP contribution is -2.56. The summed E-state index contributed by atoms with van der Waals surface area (Å²) in [7, 11) is 0. The van der Waals surface area contributed by atoms with Crippen LogP contribution in [-0.4, -0.2) is 48.6 Å². The number of hydrogen-bond donors (Lipinski definition) is 2. The van der Waals surface area contributed by atoms with Crippen LogP contribution < -0.4 is 11.1 Å². The molecule has 2 saturated heterocycles. The first-order chi connectivity index (χ1) is 12.1. The fraction of sp³-hybridized carbons (Fsp3) is 0.579. The van der Waals surface area contributed by atoms with E-state index in [9.17, 15) is 9.59 Å². The van der Waals surface area contributed by atoms with Crippen LogP contribution in [0.4, 0.5) is 0 Å². The summed E-state index contributed by atoms with van der Waals surface area (Å²) in [5, 5.41) is 2.91. The molecule has 3 N–H and O–H groups in total. The molecule has 26 heavy (non-hydrogen) atoms. The molecule has 2 amide bonds. The van der Waals surface area contributed by atoms with E-state index in [-0.39, 0.29) is 24.2 Å². The molecule has 6 nitrogen and oxygen atoms in total. The van der Waals surface area contributed by atoms with Crippen molar-refractivity contribution in [1.29, 1.82) is 0 Å². The van der Waals surface area contributed by atoms with Crippen molar-refractivity contribution in [2.45, 2.75) is 44.2 Å². The Morgan fingerprint density at radius 2 is 1.69 bits per heavy atom. The topological polar surface area (TPSA) is 84.7 Å². The van der Waals surface area contributed by atoms with Gasteiger partial charge in [-0.15, -0.1) is 12.4 Å². The van der Waals surface area contributed by atoms with E-state index in [4.69, 9.17) is 10.5 Å². The molecular formula is C19H28ClN3O3. The number of carbonyl (C=O) groups is 2. The minimum absolute atomic E-state index is 0. The number of halogens is 1. The van der Waals surface area contributed by atoms with Gasteiger partial charge < -0.3 is 20.7 Å². The lowest BCUT2D eigenvalue weighted by atomic mass is 9.90. The van der Waals surface area contributed by atoms with Crippen molar-refractivity contribution in [3.05, 3.63) is 35.4 Å². The Kier molecular flexibility index (Phi) is 7.43. The Labute approximate surface area is 160 Å². The monoisotopic (exact) mass is 381 g/mol. The largest absolute Gasteiger partial charge is 0.381 e. The molecule has 0 spiro atoms. The number of benzene rings is 1. The number of nitrogens with one attached hydrogen (secondary N) is 1. The number of ether oxygens (including phenoxy) is 1. The molecule has 0 bridgehead atoms. The zero-order valence-corrected chi connectivity index (χ0v) is 15.9. The number of nitrogens with two attached hydrogens (primary N) is 1. The average Bonchev–Trinajstić information content (AvgIpc) is 2.67. The smallest absolute Gasteiger partial charge is 0.253 e. The Bertz CT molecular complexity index is 609. The van der Waals surface area contributed by atoms with E-state index in [1.807, 2.05) is 29.2 Å². The summed E-state index contributed by atoms with van der Waals surface area (Å²) in [4.78, 5) is 26.7. The lowest BCUT2D eigenvalue weighted by Gasteiger charge is -2.31. The molecule has 2 aliphatic heterocycles. The van der Waals surface area contributed by atoms with E-state index < -0.39 is 5.54 Å². The van der Waals surface area contributed by atoms with Crippen LogP contribution in [0.25, 0.3) is 0 Å². The molecule has 0 saturated carbocycles. The van der Waals surface area contributed by atoms with Gasteiger partial charge in [0.2, 0.25) is 5.91 Å². The second kappa shape index (κ2) is 9.35. The molecule has 0 radical (unpaired) electrons. The first-order valence-electron chi connectivity index (χ1n) is 9.12. The summed E-state index contributed by atoms with van der Waals surface area (Å²) < 4.78 is 5.27. The van der Waals surface area contributed by atoms with Gasteiger partial charge in [-0.05, 0) is 49.8 Å². The molecule has 144 valence electrons. The maximum absolute atomic E-state index is 12.5. The third-order valence-electron chi connectivity index (χ3n) is 5.13. The summed E-state index contributed by atoms with van der Waals surface area (Å²) >= 11 is 0. The van der Waals surface area contributed by atoms with E-state index in [1.165, 1.54) is 6.42 Å². The van der Waals surface area contributed by atoms with Gasteiger partial charge in [-0.25, -0.2) is 0 Å². The van der Waals surface area contributed by atoms with Gasteiger partial charge in [0.15, 0.2) is 0 Å². The van der Waals surface area contributed by atoms with Crippen molar-refractivity contribution < 1.29 is 14.3 Å². The molecule has 0 aromatic heterocycles. The minimum Gasteiger partial charge on any atom is -0.381 e. The molecule has 1 aromatic rings.